The van der Waals surface area contributed by atoms with Crippen LogP contribution in [-0.4, -0.2) is 18.6 Å². The fourth-order valence-corrected chi connectivity index (χ4v) is 2.77. The summed E-state index contributed by atoms with van der Waals surface area (Å²) >= 11 is 17.8. The number of carbonyl (C=O) groups excluding carboxylic acids is 1. The van der Waals surface area contributed by atoms with Crippen LogP contribution < -0.4 is 10.1 Å². The highest BCUT2D eigenvalue weighted by atomic mass is 35.5. The third-order valence-electron chi connectivity index (χ3n) is 3.45. The maximum atomic E-state index is 12.0. The number of hydrogen-bond donors (Lipinski definition) is 1. The van der Waals surface area contributed by atoms with Crippen LogP contribution in [0, 0.1) is 0 Å². The molecule has 0 aliphatic heterocycles. The number of carbonyl (C=O) groups is 1. The molecule has 0 saturated heterocycles. The van der Waals surface area contributed by atoms with Gasteiger partial charge < -0.3 is 10.1 Å². The Morgan fingerprint density at radius 3 is 2.46 bits per heavy atom. The fraction of sp³-hybridized carbons (Fsp3) is 0.278. The number of rotatable bonds is 7. The van der Waals surface area contributed by atoms with Gasteiger partial charge in [-0.25, -0.2) is 0 Å². The lowest BCUT2D eigenvalue weighted by atomic mass is 10.1. The molecule has 6 heteroatoms. The summed E-state index contributed by atoms with van der Waals surface area (Å²) in [5, 5.41) is 3.88. The van der Waals surface area contributed by atoms with Gasteiger partial charge >= 0.3 is 0 Å². The minimum Gasteiger partial charge on any atom is -0.482 e. The molecule has 2 aromatic carbocycles. The summed E-state index contributed by atoms with van der Waals surface area (Å²) in [5.41, 5.74) is 1.25. The van der Waals surface area contributed by atoms with E-state index >= 15 is 0 Å². The molecule has 2 aromatic rings. The predicted octanol–water partition coefficient (Wildman–Crippen LogP) is 5.16. The summed E-state index contributed by atoms with van der Waals surface area (Å²) in [5.74, 6) is 0.121. The zero-order chi connectivity index (χ0) is 17.5. The predicted molar refractivity (Wildman–Crippen MR) is 99.3 cm³/mol. The van der Waals surface area contributed by atoms with Gasteiger partial charge in [-0.1, -0.05) is 65.1 Å². The average molecular weight is 387 g/mol. The first-order valence-electron chi connectivity index (χ1n) is 7.56. The standard InChI is InChI=1S/C18H18Cl3NO2/c1-12(7-8-13-5-3-2-4-6-13)22-18(23)11-24-17-10-15(20)14(19)9-16(17)21/h2-6,9-10,12H,7-8,11H2,1H3,(H,22,23)/t12-/m1/s1. The van der Waals surface area contributed by atoms with E-state index < -0.39 is 0 Å². The fourth-order valence-electron chi connectivity index (χ4n) is 2.17. The highest BCUT2D eigenvalue weighted by Gasteiger charge is 2.11. The second kappa shape index (κ2) is 9.16. The minimum absolute atomic E-state index is 0.0468. The Bertz CT molecular complexity index is 692. The van der Waals surface area contributed by atoms with Gasteiger partial charge in [0.05, 0.1) is 15.1 Å². The molecule has 0 aliphatic carbocycles. The number of halogens is 3. The molecule has 2 rings (SSSR count). The van der Waals surface area contributed by atoms with Gasteiger partial charge in [-0.3, -0.25) is 4.79 Å². The molecule has 1 atom stereocenters. The third-order valence-corrected chi connectivity index (χ3v) is 4.47. The summed E-state index contributed by atoms with van der Waals surface area (Å²) in [6, 6.07) is 13.2. The van der Waals surface area contributed by atoms with E-state index in [0.29, 0.717) is 20.8 Å². The third kappa shape index (κ3) is 5.90. The number of ether oxygens (including phenoxy) is 1. The molecule has 0 aromatic heterocycles. The van der Waals surface area contributed by atoms with E-state index in [4.69, 9.17) is 39.5 Å². The molecule has 0 radical (unpaired) electrons. The van der Waals surface area contributed by atoms with E-state index in [9.17, 15) is 4.79 Å². The molecule has 128 valence electrons. The Morgan fingerprint density at radius 2 is 1.75 bits per heavy atom. The summed E-state index contributed by atoms with van der Waals surface area (Å²) in [6.07, 6.45) is 1.76. The number of hydrogen-bond acceptors (Lipinski definition) is 2. The van der Waals surface area contributed by atoms with Gasteiger partial charge in [-0.15, -0.1) is 0 Å². The Labute approximate surface area is 156 Å². The van der Waals surface area contributed by atoms with Crippen LogP contribution in [-0.2, 0) is 11.2 Å². The van der Waals surface area contributed by atoms with Crippen LogP contribution in [0.25, 0.3) is 0 Å². The molecular weight excluding hydrogens is 369 g/mol. The van der Waals surface area contributed by atoms with Crippen LogP contribution >= 0.6 is 34.8 Å². The first-order valence-corrected chi connectivity index (χ1v) is 8.69. The zero-order valence-corrected chi connectivity index (χ0v) is 15.5. The molecule has 0 aliphatic rings. The van der Waals surface area contributed by atoms with Gasteiger partial charge in [0, 0.05) is 12.1 Å². The number of nitrogens with one attached hydrogen (secondary N) is 1. The summed E-state index contributed by atoms with van der Waals surface area (Å²) in [7, 11) is 0. The minimum atomic E-state index is -0.210. The van der Waals surface area contributed by atoms with Crippen LogP contribution in [0.2, 0.25) is 15.1 Å². The van der Waals surface area contributed by atoms with E-state index in [1.807, 2.05) is 25.1 Å². The lowest BCUT2D eigenvalue weighted by Crippen LogP contribution is -2.36. The molecular formula is C18H18Cl3NO2. The van der Waals surface area contributed by atoms with E-state index in [0.717, 1.165) is 12.8 Å². The molecule has 0 fully saturated rings. The topological polar surface area (TPSA) is 38.3 Å². The quantitative estimate of drug-likeness (QED) is 0.667. The zero-order valence-electron chi connectivity index (χ0n) is 13.2. The number of aryl methyl sites for hydroxylation is 1. The SMILES string of the molecule is C[C@H](CCc1ccccc1)NC(=O)COc1cc(Cl)c(Cl)cc1Cl. The molecule has 1 N–H and O–H groups in total. The van der Waals surface area contributed by atoms with Gasteiger partial charge in [0.1, 0.15) is 5.75 Å². The van der Waals surface area contributed by atoms with E-state index in [2.05, 4.69) is 17.4 Å². The van der Waals surface area contributed by atoms with Crippen LogP contribution in [0.4, 0.5) is 0 Å². The molecule has 0 spiro atoms. The van der Waals surface area contributed by atoms with E-state index in [1.165, 1.54) is 17.7 Å². The average Bonchev–Trinajstić information content (AvgIpc) is 2.56. The highest BCUT2D eigenvalue weighted by Crippen LogP contribution is 2.33. The maximum Gasteiger partial charge on any atom is 0.258 e. The number of benzene rings is 2. The highest BCUT2D eigenvalue weighted by molar-refractivity contribution is 6.43. The van der Waals surface area contributed by atoms with Crippen molar-refractivity contribution >= 4 is 40.7 Å². The number of amides is 1. The Kier molecular flexibility index (Phi) is 7.22. The van der Waals surface area contributed by atoms with Gasteiger partial charge in [0.25, 0.3) is 5.91 Å². The molecule has 1 amide bonds. The van der Waals surface area contributed by atoms with Gasteiger partial charge in [0.15, 0.2) is 6.61 Å². The van der Waals surface area contributed by atoms with E-state index in [-0.39, 0.29) is 18.6 Å². The van der Waals surface area contributed by atoms with Crippen molar-refractivity contribution in [2.75, 3.05) is 6.61 Å². The summed E-state index contributed by atoms with van der Waals surface area (Å²) < 4.78 is 5.41. The molecule has 0 heterocycles. The van der Waals surface area contributed by atoms with Crippen molar-refractivity contribution in [2.24, 2.45) is 0 Å². The van der Waals surface area contributed by atoms with Crippen LogP contribution in [0.1, 0.15) is 18.9 Å². The summed E-state index contributed by atoms with van der Waals surface area (Å²) in [4.78, 5) is 12.0. The largest absolute Gasteiger partial charge is 0.482 e. The molecule has 0 unspecified atom stereocenters. The molecule has 0 bridgehead atoms. The maximum absolute atomic E-state index is 12.0. The van der Waals surface area contributed by atoms with Crippen molar-refractivity contribution in [3.63, 3.8) is 0 Å². The summed E-state index contributed by atoms with van der Waals surface area (Å²) in [6.45, 7) is 1.83. The second-order valence-electron chi connectivity index (χ2n) is 5.48. The smallest absolute Gasteiger partial charge is 0.258 e. The van der Waals surface area contributed by atoms with Crippen LogP contribution in [0.15, 0.2) is 42.5 Å². The first kappa shape index (κ1) is 18.9. The van der Waals surface area contributed by atoms with Gasteiger partial charge in [-0.2, -0.15) is 0 Å². The van der Waals surface area contributed by atoms with Crippen LogP contribution in [0.3, 0.4) is 0 Å². The van der Waals surface area contributed by atoms with E-state index in [1.54, 1.807) is 0 Å². The van der Waals surface area contributed by atoms with Crippen LogP contribution in [0.5, 0.6) is 5.75 Å². The first-order chi connectivity index (χ1) is 11.5. The van der Waals surface area contributed by atoms with Crippen molar-refractivity contribution in [2.45, 2.75) is 25.8 Å². The lowest BCUT2D eigenvalue weighted by molar-refractivity contribution is -0.123. The van der Waals surface area contributed by atoms with Crippen molar-refractivity contribution in [1.29, 1.82) is 0 Å². The molecule has 0 saturated carbocycles. The Morgan fingerprint density at radius 1 is 1.08 bits per heavy atom. The Hall–Kier alpha value is -1.42. The normalized spacial score (nSPS) is 11.8. The van der Waals surface area contributed by atoms with Crippen molar-refractivity contribution in [1.82, 2.24) is 5.32 Å². The Balaban J connectivity index is 1.77. The monoisotopic (exact) mass is 385 g/mol. The van der Waals surface area contributed by atoms with Crippen molar-refractivity contribution in [3.05, 3.63) is 63.1 Å². The van der Waals surface area contributed by atoms with Gasteiger partial charge in [0.2, 0.25) is 0 Å². The second-order valence-corrected chi connectivity index (χ2v) is 6.70. The molecule has 24 heavy (non-hydrogen) atoms. The van der Waals surface area contributed by atoms with Gasteiger partial charge in [-0.05, 0) is 31.4 Å². The lowest BCUT2D eigenvalue weighted by Gasteiger charge is -2.15. The van der Waals surface area contributed by atoms with Crippen molar-refractivity contribution < 1.29 is 9.53 Å². The van der Waals surface area contributed by atoms with Crippen molar-refractivity contribution in [3.8, 4) is 5.75 Å². The molecule has 3 nitrogen and oxygen atoms in total.